The largest absolute Gasteiger partial charge is 0.394 e. The quantitative estimate of drug-likeness (QED) is 0.0261. The summed E-state index contributed by atoms with van der Waals surface area (Å²) in [7, 11) is 0. The molecule has 1 amide bonds. The van der Waals surface area contributed by atoms with E-state index in [1.807, 2.05) is 6.08 Å². The summed E-state index contributed by atoms with van der Waals surface area (Å²) in [6.07, 6.45) is 58.5. The molecule has 9 heteroatoms. The van der Waals surface area contributed by atoms with Crippen molar-refractivity contribution in [3.05, 3.63) is 36.5 Å². The number of unbranched alkanes of at least 4 members (excludes halogenated alkanes) is 37. The van der Waals surface area contributed by atoms with Crippen LogP contribution in [-0.2, 0) is 14.3 Å². The van der Waals surface area contributed by atoms with Gasteiger partial charge in [0, 0.05) is 6.42 Å². The van der Waals surface area contributed by atoms with Gasteiger partial charge in [0.1, 0.15) is 24.4 Å². The van der Waals surface area contributed by atoms with Crippen LogP contribution in [0.3, 0.4) is 0 Å². The number of aliphatic hydroxyl groups is 5. The van der Waals surface area contributed by atoms with Crippen LogP contribution in [0, 0.1) is 0 Å². The van der Waals surface area contributed by atoms with Crippen molar-refractivity contribution >= 4 is 5.91 Å². The van der Waals surface area contributed by atoms with E-state index in [4.69, 9.17) is 9.47 Å². The van der Waals surface area contributed by atoms with Gasteiger partial charge in [-0.15, -0.1) is 0 Å². The summed E-state index contributed by atoms with van der Waals surface area (Å²) in [4.78, 5) is 13.0. The molecule has 1 fully saturated rings. The van der Waals surface area contributed by atoms with Crippen LogP contribution in [0.25, 0.3) is 0 Å². The molecule has 0 radical (unpaired) electrons. The molecule has 9 nitrogen and oxygen atoms in total. The van der Waals surface area contributed by atoms with E-state index in [1.165, 1.54) is 212 Å². The molecule has 1 rings (SSSR count). The van der Waals surface area contributed by atoms with Gasteiger partial charge in [0.05, 0.1) is 25.4 Å². The van der Waals surface area contributed by atoms with Crippen LogP contribution in [0.5, 0.6) is 0 Å². The maximum absolute atomic E-state index is 13.0. The molecular formula is C60H113NO8. The Bertz CT molecular complexity index is 1180. The van der Waals surface area contributed by atoms with Crippen LogP contribution in [0.1, 0.15) is 284 Å². The zero-order chi connectivity index (χ0) is 50.1. The Balaban J connectivity index is 2.02. The SMILES string of the molecule is CC/C=C/CC/C=C/CC/C=C/C(O)C(COC1OC(CO)C(O)C(O)C1O)NC(=O)CCCCCCCCCCCCCCCCCCCCCCCCCCCCCCCCCCCCCC. The zero-order valence-electron chi connectivity index (χ0n) is 45.1. The molecule has 0 aromatic heterocycles. The minimum atomic E-state index is -1.57. The third-order valence-corrected chi connectivity index (χ3v) is 14.2. The third-order valence-electron chi connectivity index (χ3n) is 14.2. The molecular weight excluding hydrogens is 863 g/mol. The van der Waals surface area contributed by atoms with Crippen molar-refractivity contribution in [1.82, 2.24) is 5.32 Å². The van der Waals surface area contributed by atoms with E-state index in [2.05, 4.69) is 43.5 Å². The third kappa shape index (κ3) is 39.6. The van der Waals surface area contributed by atoms with Gasteiger partial charge in [-0.3, -0.25) is 4.79 Å². The Labute approximate surface area is 425 Å². The van der Waals surface area contributed by atoms with Crippen molar-refractivity contribution in [3.8, 4) is 0 Å². The first kappa shape index (κ1) is 65.4. The van der Waals surface area contributed by atoms with Gasteiger partial charge < -0.3 is 40.3 Å². The summed E-state index contributed by atoms with van der Waals surface area (Å²) in [5.41, 5.74) is 0. The number of carbonyl (C=O) groups excluding carboxylic acids is 1. The smallest absolute Gasteiger partial charge is 0.220 e. The van der Waals surface area contributed by atoms with E-state index in [0.717, 1.165) is 51.4 Å². The summed E-state index contributed by atoms with van der Waals surface area (Å²) in [6.45, 7) is 3.65. The Hall–Kier alpha value is -1.59. The molecule has 1 heterocycles. The molecule has 406 valence electrons. The number of hydrogen-bond acceptors (Lipinski definition) is 8. The molecule has 0 spiro atoms. The highest BCUT2D eigenvalue weighted by atomic mass is 16.7. The van der Waals surface area contributed by atoms with E-state index in [9.17, 15) is 30.3 Å². The lowest BCUT2D eigenvalue weighted by Gasteiger charge is -2.40. The zero-order valence-corrected chi connectivity index (χ0v) is 45.1. The number of ether oxygens (including phenoxy) is 2. The molecule has 1 saturated heterocycles. The van der Waals surface area contributed by atoms with Crippen molar-refractivity contribution in [2.24, 2.45) is 0 Å². The van der Waals surface area contributed by atoms with Crippen LogP contribution in [0.2, 0.25) is 0 Å². The van der Waals surface area contributed by atoms with Gasteiger partial charge in [-0.05, 0) is 38.5 Å². The van der Waals surface area contributed by atoms with Gasteiger partial charge in [-0.2, -0.15) is 0 Å². The average molecular weight is 977 g/mol. The topological polar surface area (TPSA) is 149 Å². The molecule has 0 aromatic carbocycles. The van der Waals surface area contributed by atoms with E-state index in [-0.39, 0.29) is 12.5 Å². The fourth-order valence-corrected chi connectivity index (χ4v) is 9.55. The Morgan fingerprint density at radius 1 is 0.493 bits per heavy atom. The molecule has 69 heavy (non-hydrogen) atoms. The molecule has 7 unspecified atom stereocenters. The highest BCUT2D eigenvalue weighted by Gasteiger charge is 2.44. The summed E-state index contributed by atoms with van der Waals surface area (Å²) in [5, 5.41) is 54.2. The van der Waals surface area contributed by atoms with Crippen LogP contribution in [0.15, 0.2) is 36.5 Å². The Morgan fingerprint density at radius 3 is 1.20 bits per heavy atom. The predicted octanol–water partition coefficient (Wildman–Crippen LogP) is 14.7. The lowest BCUT2D eigenvalue weighted by Crippen LogP contribution is -2.60. The summed E-state index contributed by atoms with van der Waals surface area (Å²) >= 11 is 0. The lowest BCUT2D eigenvalue weighted by atomic mass is 9.99. The Kier molecular flexibility index (Phi) is 47.4. The molecule has 1 aliphatic heterocycles. The number of allylic oxidation sites excluding steroid dienone is 5. The molecule has 0 aliphatic carbocycles. The summed E-state index contributed by atoms with van der Waals surface area (Å²) in [6, 6.07) is -0.824. The van der Waals surface area contributed by atoms with Crippen molar-refractivity contribution in [3.63, 3.8) is 0 Å². The van der Waals surface area contributed by atoms with Crippen molar-refractivity contribution in [1.29, 1.82) is 0 Å². The van der Waals surface area contributed by atoms with E-state index >= 15 is 0 Å². The predicted molar refractivity (Wildman–Crippen MR) is 290 cm³/mol. The van der Waals surface area contributed by atoms with Gasteiger partial charge in [-0.1, -0.05) is 275 Å². The molecule has 0 saturated carbocycles. The van der Waals surface area contributed by atoms with Crippen molar-refractivity contribution in [2.45, 2.75) is 326 Å². The first-order valence-corrected chi connectivity index (χ1v) is 29.7. The second-order valence-electron chi connectivity index (χ2n) is 20.8. The number of amides is 1. The monoisotopic (exact) mass is 976 g/mol. The van der Waals surface area contributed by atoms with Gasteiger partial charge >= 0.3 is 0 Å². The standard InChI is InChI=1S/C60H113NO8/c1-3-5-7-9-11-13-15-16-17-18-19-20-21-22-23-24-25-26-27-28-29-30-31-32-33-34-35-36-37-38-39-40-42-44-46-48-50-56(64)61-53(52-68-60-59(67)58(66)57(65)55(51-62)69-60)54(63)49-47-45-43-41-14-12-10-8-6-4-2/h6,8,14,41,47,49,53-55,57-60,62-63,65-67H,3-5,7,9-13,15-40,42-46,48,50-52H2,1-2H3,(H,61,64)/b8-6+,41-14+,49-47+. The molecule has 1 aliphatic rings. The van der Waals surface area contributed by atoms with Crippen LogP contribution in [-0.4, -0.2) is 87.5 Å². The fourth-order valence-electron chi connectivity index (χ4n) is 9.55. The fraction of sp³-hybridized carbons (Fsp3) is 0.883. The minimum absolute atomic E-state index is 0.189. The first-order valence-electron chi connectivity index (χ1n) is 29.7. The maximum atomic E-state index is 13.0. The van der Waals surface area contributed by atoms with Crippen LogP contribution in [0.4, 0.5) is 0 Å². The highest BCUT2D eigenvalue weighted by Crippen LogP contribution is 2.23. The number of aliphatic hydroxyl groups excluding tert-OH is 5. The van der Waals surface area contributed by atoms with E-state index < -0.39 is 49.5 Å². The van der Waals surface area contributed by atoms with Gasteiger partial charge in [0.2, 0.25) is 5.91 Å². The van der Waals surface area contributed by atoms with Crippen LogP contribution >= 0.6 is 0 Å². The summed E-state index contributed by atoms with van der Waals surface area (Å²) in [5.74, 6) is -0.189. The number of hydrogen-bond donors (Lipinski definition) is 6. The van der Waals surface area contributed by atoms with Gasteiger partial charge in [0.15, 0.2) is 6.29 Å². The van der Waals surface area contributed by atoms with Gasteiger partial charge in [-0.25, -0.2) is 0 Å². The molecule has 0 bridgehead atoms. The first-order chi connectivity index (χ1) is 33.8. The van der Waals surface area contributed by atoms with Crippen LogP contribution < -0.4 is 5.32 Å². The van der Waals surface area contributed by atoms with Crippen molar-refractivity contribution < 1.29 is 39.8 Å². The normalized spacial score (nSPS) is 19.7. The summed E-state index contributed by atoms with van der Waals surface area (Å²) < 4.78 is 11.2. The maximum Gasteiger partial charge on any atom is 0.220 e. The Morgan fingerprint density at radius 2 is 0.841 bits per heavy atom. The van der Waals surface area contributed by atoms with E-state index in [1.54, 1.807) is 6.08 Å². The second-order valence-corrected chi connectivity index (χ2v) is 20.8. The van der Waals surface area contributed by atoms with Crippen molar-refractivity contribution in [2.75, 3.05) is 13.2 Å². The molecule has 6 N–H and O–H groups in total. The second kappa shape index (κ2) is 50.0. The van der Waals surface area contributed by atoms with E-state index in [0.29, 0.717) is 6.42 Å². The number of carbonyl (C=O) groups is 1. The highest BCUT2D eigenvalue weighted by molar-refractivity contribution is 5.76. The lowest BCUT2D eigenvalue weighted by molar-refractivity contribution is -0.302. The number of rotatable bonds is 51. The molecule has 7 atom stereocenters. The minimum Gasteiger partial charge on any atom is -0.394 e. The van der Waals surface area contributed by atoms with Gasteiger partial charge in [0.25, 0.3) is 0 Å². The number of nitrogens with one attached hydrogen (secondary N) is 1. The molecule has 0 aromatic rings. The average Bonchev–Trinajstić information content (AvgIpc) is 3.35.